The van der Waals surface area contributed by atoms with Crippen LogP contribution in [0.2, 0.25) is 5.02 Å². The zero-order valence-corrected chi connectivity index (χ0v) is 19.6. The fourth-order valence-electron chi connectivity index (χ4n) is 3.87. The number of piperidine rings is 1. The standard InChI is InChI=1S/C23H26ClN5O2S/c1-3-29-11-5-7-16(13-29)25-22(31)28-23-26-18-10-9-15(12-19(18)32-23)21(30)27-20-14(2)6-4-8-17(20)24/h4,6,8-10,12,16H,3,5,7,11,13H2,1-2H3,(H,27,30)(H2,25,26,28,31). The van der Waals surface area contributed by atoms with Gasteiger partial charge in [0, 0.05) is 18.2 Å². The number of hydrogen-bond acceptors (Lipinski definition) is 5. The summed E-state index contributed by atoms with van der Waals surface area (Å²) in [7, 11) is 0. The maximum Gasteiger partial charge on any atom is 0.321 e. The van der Waals surface area contributed by atoms with E-state index in [1.165, 1.54) is 11.3 Å². The van der Waals surface area contributed by atoms with Crippen molar-refractivity contribution < 1.29 is 9.59 Å². The lowest BCUT2D eigenvalue weighted by molar-refractivity contribution is 0.102. The molecule has 0 bridgehead atoms. The molecule has 2 aromatic carbocycles. The molecule has 0 saturated carbocycles. The molecule has 7 nitrogen and oxygen atoms in total. The number of aromatic nitrogens is 1. The molecule has 3 N–H and O–H groups in total. The number of hydrogen-bond donors (Lipinski definition) is 3. The Morgan fingerprint density at radius 1 is 1.25 bits per heavy atom. The monoisotopic (exact) mass is 471 g/mol. The number of nitrogens with one attached hydrogen (secondary N) is 3. The maximum atomic E-state index is 12.8. The van der Waals surface area contributed by atoms with Gasteiger partial charge < -0.3 is 15.5 Å². The molecule has 1 aliphatic heterocycles. The van der Waals surface area contributed by atoms with Crippen LogP contribution < -0.4 is 16.0 Å². The molecule has 0 radical (unpaired) electrons. The van der Waals surface area contributed by atoms with Gasteiger partial charge in [-0.3, -0.25) is 10.1 Å². The summed E-state index contributed by atoms with van der Waals surface area (Å²) in [5.41, 5.74) is 2.72. The molecule has 2 heterocycles. The number of aryl methyl sites for hydroxylation is 1. The Morgan fingerprint density at radius 2 is 2.09 bits per heavy atom. The summed E-state index contributed by atoms with van der Waals surface area (Å²) >= 11 is 7.56. The Labute approximate surface area is 196 Å². The van der Waals surface area contributed by atoms with Crippen LogP contribution >= 0.6 is 22.9 Å². The van der Waals surface area contributed by atoms with E-state index in [9.17, 15) is 9.59 Å². The van der Waals surface area contributed by atoms with Crippen LogP contribution in [0.5, 0.6) is 0 Å². The zero-order chi connectivity index (χ0) is 22.7. The van der Waals surface area contributed by atoms with Gasteiger partial charge in [-0.25, -0.2) is 9.78 Å². The first kappa shape index (κ1) is 22.5. The number of urea groups is 1. The minimum absolute atomic E-state index is 0.140. The number of fused-ring (bicyclic) bond motifs is 1. The molecular formula is C23H26ClN5O2S. The van der Waals surface area contributed by atoms with Gasteiger partial charge in [-0.05, 0) is 62.7 Å². The third kappa shape index (κ3) is 5.20. The highest BCUT2D eigenvalue weighted by atomic mass is 35.5. The van der Waals surface area contributed by atoms with Crippen LogP contribution in [0, 0.1) is 6.92 Å². The molecule has 1 unspecified atom stereocenters. The highest BCUT2D eigenvalue weighted by Gasteiger charge is 2.21. The third-order valence-corrected chi connectivity index (χ3v) is 6.87. The van der Waals surface area contributed by atoms with E-state index >= 15 is 0 Å². The van der Waals surface area contributed by atoms with E-state index in [2.05, 4.69) is 32.8 Å². The minimum atomic E-state index is -0.251. The van der Waals surface area contributed by atoms with Crippen LogP contribution in [-0.4, -0.2) is 47.5 Å². The van der Waals surface area contributed by atoms with Crippen molar-refractivity contribution in [2.45, 2.75) is 32.7 Å². The van der Waals surface area contributed by atoms with Crippen LogP contribution in [0.1, 0.15) is 35.7 Å². The molecule has 1 saturated heterocycles. The van der Waals surface area contributed by atoms with Crippen LogP contribution in [0.4, 0.5) is 15.6 Å². The van der Waals surface area contributed by atoms with Crippen molar-refractivity contribution in [3.8, 4) is 0 Å². The average Bonchev–Trinajstić information content (AvgIpc) is 3.17. The van der Waals surface area contributed by atoms with Gasteiger partial charge in [0.25, 0.3) is 5.91 Å². The predicted molar refractivity (Wildman–Crippen MR) is 131 cm³/mol. The maximum absolute atomic E-state index is 12.8. The van der Waals surface area contributed by atoms with Gasteiger partial charge in [0.1, 0.15) is 0 Å². The molecule has 168 valence electrons. The number of carbonyl (C=O) groups excluding carboxylic acids is 2. The topological polar surface area (TPSA) is 86.4 Å². The highest BCUT2D eigenvalue weighted by molar-refractivity contribution is 7.22. The summed E-state index contributed by atoms with van der Waals surface area (Å²) in [6.07, 6.45) is 2.06. The van der Waals surface area contributed by atoms with Crippen molar-refractivity contribution in [3.63, 3.8) is 0 Å². The zero-order valence-electron chi connectivity index (χ0n) is 18.1. The normalized spacial score (nSPS) is 16.7. The number of likely N-dealkylation sites (tertiary alicyclic amines) is 1. The van der Waals surface area contributed by atoms with E-state index in [1.807, 2.05) is 19.1 Å². The van der Waals surface area contributed by atoms with E-state index in [0.29, 0.717) is 21.4 Å². The number of halogens is 1. The second-order valence-corrected chi connectivity index (χ2v) is 9.36. The average molecular weight is 472 g/mol. The van der Waals surface area contributed by atoms with Gasteiger partial charge >= 0.3 is 6.03 Å². The van der Waals surface area contributed by atoms with E-state index < -0.39 is 0 Å². The van der Waals surface area contributed by atoms with E-state index in [4.69, 9.17) is 11.6 Å². The van der Waals surface area contributed by atoms with Crippen molar-refractivity contribution in [3.05, 3.63) is 52.5 Å². The Hall–Kier alpha value is -2.68. The fraction of sp³-hybridized carbons (Fsp3) is 0.348. The molecule has 9 heteroatoms. The number of thiazole rings is 1. The van der Waals surface area contributed by atoms with Crippen molar-refractivity contribution in [2.24, 2.45) is 0 Å². The van der Waals surface area contributed by atoms with Crippen molar-refractivity contribution in [1.29, 1.82) is 0 Å². The Kier molecular flexibility index (Phi) is 6.93. The van der Waals surface area contributed by atoms with Crippen LogP contribution in [0.3, 0.4) is 0 Å². The molecule has 32 heavy (non-hydrogen) atoms. The number of amides is 3. The van der Waals surface area contributed by atoms with Crippen LogP contribution in [0.15, 0.2) is 36.4 Å². The summed E-state index contributed by atoms with van der Waals surface area (Å²) in [5, 5.41) is 9.75. The summed E-state index contributed by atoms with van der Waals surface area (Å²) in [4.78, 5) is 32.0. The van der Waals surface area contributed by atoms with E-state index in [0.717, 1.165) is 48.3 Å². The molecular weight excluding hydrogens is 446 g/mol. The molecule has 3 aromatic rings. The van der Waals surface area contributed by atoms with Crippen LogP contribution in [0.25, 0.3) is 10.2 Å². The van der Waals surface area contributed by atoms with Gasteiger partial charge in [-0.1, -0.05) is 42.0 Å². The number of carbonyl (C=O) groups is 2. The molecule has 1 aromatic heterocycles. The Morgan fingerprint density at radius 3 is 2.88 bits per heavy atom. The number of likely N-dealkylation sites (N-methyl/N-ethyl adjacent to an activating group) is 1. The number of para-hydroxylation sites is 1. The lowest BCUT2D eigenvalue weighted by Gasteiger charge is -2.32. The Balaban J connectivity index is 1.42. The summed E-state index contributed by atoms with van der Waals surface area (Å²) in [6, 6.07) is 10.6. The van der Waals surface area contributed by atoms with E-state index in [1.54, 1.807) is 24.3 Å². The summed E-state index contributed by atoms with van der Waals surface area (Å²) in [5.74, 6) is -0.249. The van der Waals surface area contributed by atoms with Crippen molar-refractivity contribution in [1.82, 2.24) is 15.2 Å². The largest absolute Gasteiger partial charge is 0.334 e. The first-order chi connectivity index (χ1) is 15.4. The fourth-order valence-corrected chi connectivity index (χ4v) is 5.04. The summed E-state index contributed by atoms with van der Waals surface area (Å²) in [6.45, 7) is 6.97. The lowest BCUT2D eigenvalue weighted by atomic mass is 10.1. The highest BCUT2D eigenvalue weighted by Crippen LogP contribution is 2.29. The van der Waals surface area contributed by atoms with Gasteiger partial charge in [-0.2, -0.15) is 0 Å². The quantitative estimate of drug-likeness (QED) is 0.482. The molecule has 0 aliphatic carbocycles. The predicted octanol–water partition coefficient (Wildman–Crippen LogP) is 5.12. The van der Waals surface area contributed by atoms with E-state index in [-0.39, 0.29) is 18.0 Å². The van der Waals surface area contributed by atoms with Gasteiger partial charge in [0.05, 0.1) is 20.9 Å². The second-order valence-electron chi connectivity index (χ2n) is 7.92. The summed E-state index contributed by atoms with van der Waals surface area (Å²) < 4.78 is 0.818. The molecule has 0 spiro atoms. The SMILES string of the molecule is CCN1CCCC(NC(=O)Nc2nc3ccc(C(=O)Nc4c(C)cccc4Cl)cc3s2)C1. The molecule has 3 amide bonds. The molecule has 1 aliphatic rings. The molecule has 1 atom stereocenters. The third-order valence-electron chi connectivity index (χ3n) is 5.62. The van der Waals surface area contributed by atoms with Crippen molar-refractivity contribution >= 4 is 55.9 Å². The number of anilines is 2. The molecule has 1 fully saturated rings. The Bertz CT molecular complexity index is 1130. The van der Waals surface area contributed by atoms with Crippen LogP contribution in [-0.2, 0) is 0 Å². The van der Waals surface area contributed by atoms with Gasteiger partial charge in [-0.15, -0.1) is 0 Å². The number of nitrogens with zero attached hydrogens (tertiary/aromatic N) is 2. The first-order valence-corrected chi connectivity index (χ1v) is 11.9. The van der Waals surface area contributed by atoms with Gasteiger partial charge in [0.15, 0.2) is 5.13 Å². The second kappa shape index (κ2) is 9.85. The number of benzene rings is 2. The van der Waals surface area contributed by atoms with Crippen molar-refractivity contribution in [2.75, 3.05) is 30.3 Å². The molecule has 4 rings (SSSR count). The minimum Gasteiger partial charge on any atom is -0.334 e. The lowest BCUT2D eigenvalue weighted by Crippen LogP contribution is -2.48. The first-order valence-electron chi connectivity index (χ1n) is 10.7. The van der Waals surface area contributed by atoms with Gasteiger partial charge in [0.2, 0.25) is 0 Å². The smallest absolute Gasteiger partial charge is 0.321 e. The number of rotatable bonds is 5.